The number of carbonyl (C=O) groups is 2. The molecule has 4 aromatic rings. The van der Waals surface area contributed by atoms with Crippen LogP contribution in [0.1, 0.15) is 20.7 Å². The fourth-order valence-electron chi connectivity index (χ4n) is 2.95. The highest BCUT2D eigenvalue weighted by Gasteiger charge is 2.15. The molecule has 3 aromatic carbocycles. The normalized spacial score (nSPS) is 10.5. The van der Waals surface area contributed by atoms with Gasteiger partial charge in [0, 0.05) is 41.1 Å². The number of amides is 2. The molecule has 1 heterocycles. The van der Waals surface area contributed by atoms with Crippen molar-refractivity contribution in [3.05, 3.63) is 98.1 Å². The van der Waals surface area contributed by atoms with Gasteiger partial charge in [-0.15, -0.1) is 0 Å². The zero-order chi connectivity index (χ0) is 23.5. The first-order valence-electron chi connectivity index (χ1n) is 9.32. The molecule has 11 nitrogen and oxygen atoms in total. The lowest BCUT2D eigenvalue weighted by Crippen LogP contribution is -2.11. The van der Waals surface area contributed by atoms with Crippen molar-refractivity contribution in [2.75, 3.05) is 10.6 Å². The predicted octanol–water partition coefficient (Wildman–Crippen LogP) is 4.62. The average molecular weight is 463 g/mol. The number of nitro benzene ring substituents is 2. The van der Waals surface area contributed by atoms with E-state index in [1.807, 2.05) is 0 Å². The summed E-state index contributed by atoms with van der Waals surface area (Å²) in [5, 5.41) is 27.4. The zero-order valence-electron chi connectivity index (χ0n) is 16.6. The first-order chi connectivity index (χ1) is 15.8. The van der Waals surface area contributed by atoms with Crippen molar-refractivity contribution in [1.29, 1.82) is 0 Å². The van der Waals surface area contributed by atoms with E-state index in [1.165, 1.54) is 48.5 Å². The van der Waals surface area contributed by atoms with E-state index in [4.69, 9.17) is 0 Å². The van der Waals surface area contributed by atoms with Crippen LogP contribution in [0.15, 0.2) is 66.7 Å². The lowest BCUT2D eigenvalue weighted by Gasteiger charge is -2.05. The van der Waals surface area contributed by atoms with Gasteiger partial charge < -0.3 is 5.32 Å². The van der Waals surface area contributed by atoms with Crippen LogP contribution in [0.2, 0.25) is 0 Å². The number of hydrogen-bond donors (Lipinski definition) is 2. The van der Waals surface area contributed by atoms with Crippen LogP contribution in [0.3, 0.4) is 0 Å². The molecule has 2 N–H and O–H groups in total. The Labute approximate surface area is 189 Å². The highest BCUT2D eigenvalue weighted by Crippen LogP contribution is 2.29. The Morgan fingerprint density at radius 2 is 1.36 bits per heavy atom. The number of hydrogen-bond acceptors (Lipinski definition) is 8. The van der Waals surface area contributed by atoms with Crippen molar-refractivity contribution in [3.8, 4) is 0 Å². The second kappa shape index (κ2) is 8.80. The van der Waals surface area contributed by atoms with Gasteiger partial charge in [-0.25, -0.2) is 4.98 Å². The summed E-state index contributed by atoms with van der Waals surface area (Å²) in [4.78, 5) is 49.8. The van der Waals surface area contributed by atoms with Gasteiger partial charge in [0.15, 0.2) is 5.13 Å². The van der Waals surface area contributed by atoms with Crippen LogP contribution in [0, 0.1) is 20.2 Å². The van der Waals surface area contributed by atoms with Crippen molar-refractivity contribution in [2.24, 2.45) is 0 Å². The number of thiazole rings is 1. The second-order valence-corrected chi connectivity index (χ2v) is 7.76. The number of nitrogens with one attached hydrogen (secondary N) is 2. The summed E-state index contributed by atoms with van der Waals surface area (Å²) in [6.45, 7) is 0. The SMILES string of the molecule is O=C(Nc1ccc2nc(NC(=O)c3cccc([N+](=O)[O-])c3)sc2c1)c1cccc([N+](=O)[O-])c1. The third-order valence-electron chi connectivity index (χ3n) is 4.51. The van der Waals surface area contributed by atoms with Crippen LogP contribution >= 0.6 is 11.3 Å². The highest BCUT2D eigenvalue weighted by molar-refractivity contribution is 7.22. The monoisotopic (exact) mass is 463 g/mol. The number of nitro groups is 2. The van der Waals surface area contributed by atoms with Gasteiger partial charge in [-0.1, -0.05) is 23.5 Å². The van der Waals surface area contributed by atoms with Crippen LogP contribution < -0.4 is 10.6 Å². The Kier molecular flexibility index (Phi) is 5.74. The van der Waals surface area contributed by atoms with E-state index in [2.05, 4.69) is 15.6 Å². The molecule has 0 spiro atoms. The number of benzene rings is 3. The lowest BCUT2D eigenvalue weighted by atomic mass is 10.2. The Morgan fingerprint density at radius 1 is 0.788 bits per heavy atom. The molecule has 0 unspecified atom stereocenters. The summed E-state index contributed by atoms with van der Waals surface area (Å²) in [5.41, 5.74) is 0.884. The van der Waals surface area contributed by atoms with Crippen LogP contribution in [0.4, 0.5) is 22.2 Å². The molecule has 1 aromatic heterocycles. The zero-order valence-corrected chi connectivity index (χ0v) is 17.4. The molecule has 0 radical (unpaired) electrons. The molecule has 0 aliphatic heterocycles. The highest BCUT2D eigenvalue weighted by atomic mass is 32.1. The van der Waals surface area contributed by atoms with E-state index in [0.29, 0.717) is 15.9 Å². The molecule has 0 bridgehead atoms. The van der Waals surface area contributed by atoms with Crippen molar-refractivity contribution in [3.63, 3.8) is 0 Å². The third-order valence-corrected chi connectivity index (χ3v) is 5.44. The molecular weight excluding hydrogens is 450 g/mol. The molecule has 0 fully saturated rings. The fourth-order valence-corrected chi connectivity index (χ4v) is 3.85. The topological polar surface area (TPSA) is 157 Å². The molecule has 164 valence electrons. The van der Waals surface area contributed by atoms with Crippen LogP contribution in [-0.2, 0) is 0 Å². The minimum absolute atomic E-state index is 0.119. The summed E-state index contributed by atoms with van der Waals surface area (Å²) in [5.74, 6) is -1.06. The van der Waals surface area contributed by atoms with E-state index in [-0.39, 0.29) is 27.6 Å². The maximum Gasteiger partial charge on any atom is 0.270 e. The average Bonchev–Trinajstić information content (AvgIpc) is 3.20. The minimum Gasteiger partial charge on any atom is -0.322 e. The molecule has 2 amide bonds. The molecule has 0 aliphatic carbocycles. The Bertz CT molecular complexity index is 1360. The van der Waals surface area contributed by atoms with Crippen molar-refractivity contribution >= 4 is 55.6 Å². The summed E-state index contributed by atoms with van der Waals surface area (Å²) in [6.07, 6.45) is 0. The van der Waals surface area contributed by atoms with Crippen LogP contribution in [-0.4, -0.2) is 26.6 Å². The first kappa shape index (κ1) is 21.5. The first-order valence-corrected chi connectivity index (χ1v) is 10.1. The largest absolute Gasteiger partial charge is 0.322 e. The van der Waals surface area contributed by atoms with Crippen molar-refractivity contribution in [1.82, 2.24) is 4.98 Å². The summed E-state index contributed by atoms with van der Waals surface area (Å²) < 4.78 is 0.668. The smallest absolute Gasteiger partial charge is 0.270 e. The van der Waals surface area contributed by atoms with Gasteiger partial charge in [0.05, 0.1) is 20.1 Å². The molecule has 4 rings (SSSR count). The van der Waals surface area contributed by atoms with Gasteiger partial charge >= 0.3 is 0 Å². The van der Waals surface area contributed by atoms with Crippen molar-refractivity contribution in [2.45, 2.75) is 0 Å². The third kappa shape index (κ3) is 4.80. The number of fused-ring (bicyclic) bond motifs is 1. The van der Waals surface area contributed by atoms with Crippen LogP contribution in [0.25, 0.3) is 10.2 Å². The van der Waals surface area contributed by atoms with Gasteiger partial charge in [0.25, 0.3) is 23.2 Å². The molecule has 0 aliphatic rings. The Morgan fingerprint density at radius 3 is 1.94 bits per heavy atom. The fraction of sp³-hybridized carbons (Fsp3) is 0. The molecule has 0 atom stereocenters. The second-order valence-electron chi connectivity index (χ2n) is 6.72. The molecule has 33 heavy (non-hydrogen) atoms. The van der Waals surface area contributed by atoms with E-state index >= 15 is 0 Å². The standard InChI is InChI=1S/C21H13N5O6S/c27-19(12-3-1-5-15(9-12)25(29)30)22-14-7-8-17-18(11-14)33-21(23-17)24-20(28)13-4-2-6-16(10-13)26(31)32/h1-11H,(H,22,27)(H,23,24,28). The van der Waals surface area contributed by atoms with Gasteiger partial charge in [0.1, 0.15) is 0 Å². The summed E-state index contributed by atoms with van der Waals surface area (Å²) in [7, 11) is 0. The van der Waals surface area contributed by atoms with Gasteiger partial charge in [-0.3, -0.25) is 35.1 Å². The van der Waals surface area contributed by atoms with Crippen molar-refractivity contribution < 1.29 is 19.4 Å². The molecule has 12 heteroatoms. The van der Waals surface area contributed by atoms with Gasteiger partial charge in [-0.2, -0.15) is 0 Å². The number of aromatic nitrogens is 1. The Balaban J connectivity index is 1.50. The molecule has 0 saturated carbocycles. The number of anilines is 2. The number of nitrogens with zero attached hydrogens (tertiary/aromatic N) is 3. The quantitative estimate of drug-likeness (QED) is 0.312. The van der Waals surface area contributed by atoms with Gasteiger partial charge in [0.2, 0.25) is 0 Å². The van der Waals surface area contributed by atoms with Gasteiger partial charge in [-0.05, 0) is 30.3 Å². The van der Waals surface area contributed by atoms with E-state index in [1.54, 1.807) is 18.2 Å². The number of rotatable bonds is 6. The minimum atomic E-state index is -0.585. The lowest BCUT2D eigenvalue weighted by molar-refractivity contribution is -0.385. The number of non-ortho nitro benzene ring substituents is 2. The van der Waals surface area contributed by atoms with E-state index in [9.17, 15) is 29.8 Å². The summed E-state index contributed by atoms with van der Waals surface area (Å²) >= 11 is 1.16. The van der Waals surface area contributed by atoms with E-state index in [0.717, 1.165) is 11.3 Å². The molecule has 0 saturated heterocycles. The maximum absolute atomic E-state index is 12.5. The summed E-state index contributed by atoms with van der Waals surface area (Å²) in [6, 6.07) is 15.6. The molecular formula is C21H13N5O6S. The van der Waals surface area contributed by atoms with E-state index < -0.39 is 21.7 Å². The van der Waals surface area contributed by atoms with Crippen LogP contribution in [0.5, 0.6) is 0 Å². The predicted molar refractivity (Wildman–Crippen MR) is 122 cm³/mol. The maximum atomic E-state index is 12.5. The number of carbonyl (C=O) groups excluding carboxylic acids is 2. The Hall–Kier alpha value is -4.71.